The van der Waals surface area contributed by atoms with Crippen molar-refractivity contribution in [3.05, 3.63) is 12.3 Å². The minimum Gasteiger partial charge on any atom is -0.405 e. The quantitative estimate of drug-likeness (QED) is 0.681. The number of hydrogen-bond donors (Lipinski definition) is 2. The van der Waals surface area contributed by atoms with E-state index >= 15 is 0 Å². The topological polar surface area (TPSA) is 46.2 Å². The zero-order valence-corrected chi connectivity index (χ0v) is 10.6. The summed E-state index contributed by atoms with van der Waals surface area (Å²) >= 11 is 0. The maximum atomic E-state index is 10.7. The van der Waals surface area contributed by atoms with Gasteiger partial charge in [0.25, 0.3) is 0 Å². The third-order valence-corrected chi connectivity index (χ3v) is 3.94. The first-order chi connectivity index (χ1) is 7.73. The molecule has 0 heterocycles. The molecule has 1 rings (SSSR count). The van der Waals surface area contributed by atoms with Gasteiger partial charge in [-0.25, -0.2) is 0 Å². The lowest BCUT2D eigenvalue weighted by molar-refractivity contribution is -0.0495. The van der Waals surface area contributed by atoms with Crippen LogP contribution in [0.4, 0.5) is 0 Å². The van der Waals surface area contributed by atoms with E-state index in [2.05, 4.69) is 6.92 Å². The van der Waals surface area contributed by atoms with Crippen molar-refractivity contribution in [2.24, 2.45) is 11.7 Å². The van der Waals surface area contributed by atoms with Crippen LogP contribution in [0.25, 0.3) is 0 Å². The van der Waals surface area contributed by atoms with Crippen molar-refractivity contribution in [2.75, 3.05) is 0 Å². The monoisotopic (exact) mass is 225 g/mol. The van der Waals surface area contributed by atoms with Crippen molar-refractivity contribution in [1.82, 2.24) is 0 Å². The van der Waals surface area contributed by atoms with Crippen molar-refractivity contribution < 1.29 is 5.11 Å². The fraction of sp³-hybridized carbons (Fsp3) is 0.857. The standard InChI is InChI=1S/C14H27NO/c1-2-3-4-8-13-9-5-6-10-14(13,16)11-7-12-15/h7,12-13,16H,2-6,8-11,15H2,1H3. The van der Waals surface area contributed by atoms with Gasteiger partial charge in [-0.1, -0.05) is 45.1 Å². The summed E-state index contributed by atoms with van der Waals surface area (Å²) in [5.41, 5.74) is 4.91. The predicted octanol–water partition coefficient (Wildman–Crippen LogP) is 3.35. The van der Waals surface area contributed by atoms with Gasteiger partial charge in [0, 0.05) is 0 Å². The highest BCUT2D eigenvalue weighted by molar-refractivity contribution is 4.96. The van der Waals surface area contributed by atoms with Gasteiger partial charge in [-0.15, -0.1) is 0 Å². The molecule has 1 aliphatic carbocycles. The minimum absolute atomic E-state index is 0.470. The van der Waals surface area contributed by atoms with E-state index in [0.29, 0.717) is 5.92 Å². The third-order valence-electron chi connectivity index (χ3n) is 3.94. The average molecular weight is 225 g/mol. The first-order valence-electron chi connectivity index (χ1n) is 6.82. The summed E-state index contributed by atoms with van der Waals surface area (Å²) in [7, 11) is 0. The number of unbranched alkanes of at least 4 members (excludes halogenated alkanes) is 2. The summed E-state index contributed by atoms with van der Waals surface area (Å²) in [6.45, 7) is 2.23. The van der Waals surface area contributed by atoms with Crippen molar-refractivity contribution in [2.45, 2.75) is 70.3 Å². The van der Waals surface area contributed by atoms with E-state index in [1.54, 1.807) is 6.20 Å². The Morgan fingerprint density at radius 3 is 2.88 bits per heavy atom. The van der Waals surface area contributed by atoms with E-state index in [0.717, 1.165) is 12.8 Å². The van der Waals surface area contributed by atoms with Gasteiger partial charge < -0.3 is 10.8 Å². The molecule has 0 amide bonds. The highest BCUT2D eigenvalue weighted by Gasteiger charge is 2.36. The molecule has 2 heteroatoms. The molecule has 0 spiro atoms. The lowest BCUT2D eigenvalue weighted by Crippen LogP contribution is -2.40. The zero-order valence-electron chi connectivity index (χ0n) is 10.6. The summed E-state index contributed by atoms with van der Waals surface area (Å²) in [4.78, 5) is 0. The van der Waals surface area contributed by atoms with Crippen LogP contribution in [0.2, 0.25) is 0 Å². The molecule has 1 fully saturated rings. The lowest BCUT2D eigenvalue weighted by Gasteiger charge is -2.39. The fourth-order valence-electron chi connectivity index (χ4n) is 2.89. The summed E-state index contributed by atoms with van der Waals surface area (Å²) < 4.78 is 0. The van der Waals surface area contributed by atoms with E-state index < -0.39 is 5.60 Å². The van der Waals surface area contributed by atoms with Gasteiger partial charge in [-0.05, 0) is 37.8 Å². The zero-order chi connectivity index (χ0) is 11.9. The van der Waals surface area contributed by atoms with Crippen LogP contribution >= 0.6 is 0 Å². The second kappa shape index (κ2) is 6.95. The Morgan fingerprint density at radius 1 is 1.38 bits per heavy atom. The Labute approximate surface area is 99.9 Å². The van der Waals surface area contributed by atoms with Gasteiger partial charge in [-0.3, -0.25) is 0 Å². The summed E-state index contributed by atoms with van der Waals surface area (Å²) in [5, 5.41) is 10.7. The SMILES string of the molecule is CCCCCC1CCCCC1(O)CC=CN. The number of nitrogens with two attached hydrogens (primary N) is 1. The second-order valence-electron chi connectivity index (χ2n) is 5.17. The molecule has 2 unspecified atom stereocenters. The fourth-order valence-corrected chi connectivity index (χ4v) is 2.89. The van der Waals surface area contributed by atoms with Crippen molar-refractivity contribution in [1.29, 1.82) is 0 Å². The molecule has 2 atom stereocenters. The van der Waals surface area contributed by atoms with Crippen LogP contribution in [-0.4, -0.2) is 10.7 Å². The third kappa shape index (κ3) is 3.82. The van der Waals surface area contributed by atoms with Gasteiger partial charge >= 0.3 is 0 Å². The number of aliphatic hydroxyl groups is 1. The molecule has 0 aromatic carbocycles. The van der Waals surface area contributed by atoms with Crippen molar-refractivity contribution in [3.63, 3.8) is 0 Å². The average Bonchev–Trinajstić information content (AvgIpc) is 2.30. The molecule has 94 valence electrons. The lowest BCUT2D eigenvalue weighted by atomic mass is 9.71. The van der Waals surface area contributed by atoms with Crippen LogP contribution in [0.3, 0.4) is 0 Å². The first kappa shape index (κ1) is 13.6. The highest BCUT2D eigenvalue weighted by atomic mass is 16.3. The van der Waals surface area contributed by atoms with Gasteiger partial charge in [0.05, 0.1) is 5.60 Å². The van der Waals surface area contributed by atoms with Crippen LogP contribution in [0.5, 0.6) is 0 Å². The Kier molecular flexibility index (Phi) is 5.89. The molecule has 0 bridgehead atoms. The normalized spacial score (nSPS) is 31.0. The van der Waals surface area contributed by atoms with Gasteiger partial charge in [-0.2, -0.15) is 0 Å². The van der Waals surface area contributed by atoms with Crippen molar-refractivity contribution in [3.8, 4) is 0 Å². The van der Waals surface area contributed by atoms with E-state index in [4.69, 9.17) is 5.73 Å². The number of hydrogen-bond acceptors (Lipinski definition) is 2. The largest absolute Gasteiger partial charge is 0.405 e. The molecular formula is C14H27NO. The molecule has 16 heavy (non-hydrogen) atoms. The Bertz CT molecular complexity index is 215. The smallest absolute Gasteiger partial charge is 0.0710 e. The van der Waals surface area contributed by atoms with E-state index in [1.807, 2.05) is 6.08 Å². The molecule has 3 N–H and O–H groups in total. The molecule has 0 aromatic heterocycles. The first-order valence-corrected chi connectivity index (χ1v) is 6.82. The maximum absolute atomic E-state index is 10.7. The van der Waals surface area contributed by atoms with Crippen LogP contribution in [0, 0.1) is 5.92 Å². The van der Waals surface area contributed by atoms with E-state index in [9.17, 15) is 5.11 Å². The highest BCUT2D eigenvalue weighted by Crippen LogP contribution is 2.39. The Hall–Kier alpha value is -0.500. The van der Waals surface area contributed by atoms with Crippen molar-refractivity contribution >= 4 is 0 Å². The maximum Gasteiger partial charge on any atom is 0.0710 e. The predicted molar refractivity (Wildman–Crippen MR) is 69.0 cm³/mol. The molecule has 2 nitrogen and oxygen atoms in total. The van der Waals surface area contributed by atoms with Gasteiger partial charge in [0.1, 0.15) is 0 Å². The molecule has 0 aliphatic heterocycles. The van der Waals surface area contributed by atoms with Gasteiger partial charge in [0.15, 0.2) is 0 Å². The second-order valence-corrected chi connectivity index (χ2v) is 5.17. The number of rotatable bonds is 6. The summed E-state index contributed by atoms with van der Waals surface area (Å²) in [6.07, 6.45) is 13.8. The van der Waals surface area contributed by atoms with E-state index in [-0.39, 0.29) is 0 Å². The van der Waals surface area contributed by atoms with Gasteiger partial charge in [0.2, 0.25) is 0 Å². The molecule has 1 saturated carbocycles. The molecular weight excluding hydrogens is 198 g/mol. The molecule has 0 radical (unpaired) electrons. The van der Waals surface area contributed by atoms with Crippen LogP contribution in [0.15, 0.2) is 12.3 Å². The molecule has 0 aromatic rings. The summed E-state index contributed by atoms with van der Waals surface area (Å²) in [6, 6.07) is 0. The van der Waals surface area contributed by atoms with Crippen LogP contribution < -0.4 is 5.73 Å². The van der Waals surface area contributed by atoms with Crippen LogP contribution in [0.1, 0.15) is 64.7 Å². The molecule has 0 saturated heterocycles. The van der Waals surface area contributed by atoms with Crippen LogP contribution in [-0.2, 0) is 0 Å². The Balaban J connectivity index is 2.48. The molecule has 1 aliphatic rings. The van der Waals surface area contributed by atoms with E-state index in [1.165, 1.54) is 44.9 Å². The Morgan fingerprint density at radius 2 is 2.19 bits per heavy atom. The minimum atomic E-state index is -0.470. The summed E-state index contributed by atoms with van der Waals surface area (Å²) in [5.74, 6) is 0.490.